The maximum atomic E-state index is 13.2. The van der Waals surface area contributed by atoms with Gasteiger partial charge in [0.25, 0.3) is 0 Å². The average Bonchev–Trinajstić information content (AvgIpc) is 3.46. The Morgan fingerprint density at radius 1 is 0.821 bits per heavy atom. The molecule has 0 aliphatic rings. The first-order valence-corrected chi connectivity index (χ1v) is 12.4. The van der Waals surface area contributed by atoms with E-state index in [2.05, 4.69) is 27.7 Å². The number of pyridine rings is 2. The van der Waals surface area contributed by atoms with Gasteiger partial charge in [0.2, 0.25) is 0 Å². The summed E-state index contributed by atoms with van der Waals surface area (Å²) < 4.78 is 39.6. The van der Waals surface area contributed by atoms with Crippen molar-refractivity contribution in [3.05, 3.63) is 125 Å². The first kappa shape index (κ1) is 26.2. The van der Waals surface area contributed by atoms with Gasteiger partial charge in [-0.15, -0.1) is 12.6 Å². The average molecular weight is 542 g/mol. The fraction of sp³-hybridized carbons (Fsp3) is 0.133. The van der Waals surface area contributed by atoms with E-state index in [9.17, 15) is 13.2 Å². The lowest BCUT2D eigenvalue weighted by Crippen LogP contribution is -2.29. The number of aromatic nitrogens is 4. The number of thiol groups is 1. The van der Waals surface area contributed by atoms with Gasteiger partial charge in [-0.3, -0.25) is 15.1 Å². The Bertz CT molecular complexity index is 1690. The Hall–Kier alpha value is -4.42. The molecular formula is C30H22F3N5S. The van der Waals surface area contributed by atoms with E-state index in [1.165, 1.54) is 0 Å². The SMILES string of the molecule is [C-]#[N+]c1cccc(-c2cccc(C(C)(Cc3ccccc3S)c3cccc(-c4cc(C(F)(F)F)[nH]n4)n3)n2)c1. The maximum absolute atomic E-state index is 13.2. The molecule has 9 heteroatoms. The highest BCUT2D eigenvalue weighted by molar-refractivity contribution is 7.80. The third-order valence-corrected chi connectivity index (χ3v) is 7.02. The molecule has 0 saturated carbocycles. The first-order valence-electron chi connectivity index (χ1n) is 12.0. The molecule has 0 amide bonds. The van der Waals surface area contributed by atoms with Crippen LogP contribution in [-0.4, -0.2) is 20.2 Å². The summed E-state index contributed by atoms with van der Waals surface area (Å²) >= 11 is 4.65. The Morgan fingerprint density at radius 3 is 2.15 bits per heavy atom. The smallest absolute Gasteiger partial charge is 0.273 e. The van der Waals surface area contributed by atoms with Crippen molar-refractivity contribution in [3.8, 4) is 22.6 Å². The summed E-state index contributed by atoms with van der Waals surface area (Å²) in [5.74, 6) is 0. The van der Waals surface area contributed by atoms with Gasteiger partial charge >= 0.3 is 6.18 Å². The molecule has 3 heterocycles. The van der Waals surface area contributed by atoms with Crippen LogP contribution in [0, 0.1) is 6.57 Å². The molecule has 5 aromatic rings. The number of hydrogen-bond donors (Lipinski definition) is 2. The molecule has 5 rings (SSSR count). The Balaban J connectivity index is 1.64. The molecule has 2 aromatic carbocycles. The molecular weight excluding hydrogens is 519 g/mol. The van der Waals surface area contributed by atoms with Crippen LogP contribution in [0.1, 0.15) is 29.6 Å². The second kappa shape index (κ2) is 10.4. The molecule has 0 radical (unpaired) electrons. The molecule has 1 atom stereocenters. The highest BCUT2D eigenvalue weighted by atomic mass is 32.1. The fourth-order valence-corrected chi connectivity index (χ4v) is 4.71. The number of hydrogen-bond acceptors (Lipinski definition) is 4. The largest absolute Gasteiger partial charge is 0.432 e. The predicted octanol–water partition coefficient (Wildman–Crippen LogP) is 7.94. The summed E-state index contributed by atoms with van der Waals surface area (Å²) in [5.41, 5.74) is 3.00. The fourth-order valence-electron chi connectivity index (χ4n) is 4.47. The molecule has 0 aliphatic heterocycles. The maximum Gasteiger partial charge on any atom is 0.432 e. The molecule has 0 saturated heterocycles. The number of benzene rings is 2. The Kier molecular flexibility index (Phi) is 6.98. The van der Waals surface area contributed by atoms with E-state index in [1.807, 2.05) is 67.6 Å². The number of rotatable bonds is 6. The monoisotopic (exact) mass is 541 g/mol. The van der Waals surface area contributed by atoms with E-state index in [4.69, 9.17) is 16.5 Å². The van der Waals surface area contributed by atoms with E-state index in [1.54, 1.807) is 24.3 Å². The normalized spacial score (nSPS) is 13.0. The summed E-state index contributed by atoms with van der Waals surface area (Å²) in [6.07, 6.45) is -4.06. The molecule has 3 aromatic heterocycles. The highest BCUT2D eigenvalue weighted by Gasteiger charge is 2.35. The van der Waals surface area contributed by atoms with Crippen LogP contribution in [0.25, 0.3) is 27.5 Å². The summed E-state index contributed by atoms with van der Waals surface area (Å²) in [6.45, 7) is 9.35. The third-order valence-electron chi connectivity index (χ3n) is 6.58. The van der Waals surface area contributed by atoms with E-state index in [0.29, 0.717) is 34.9 Å². The van der Waals surface area contributed by atoms with E-state index in [-0.39, 0.29) is 5.69 Å². The van der Waals surface area contributed by atoms with Gasteiger partial charge in [0.1, 0.15) is 11.4 Å². The zero-order valence-electron chi connectivity index (χ0n) is 20.7. The predicted molar refractivity (Wildman–Crippen MR) is 147 cm³/mol. The van der Waals surface area contributed by atoms with Crippen molar-refractivity contribution in [2.45, 2.75) is 29.8 Å². The van der Waals surface area contributed by atoms with Gasteiger partial charge in [-0.1, -0.05) is 48.5 Å². The zero-order chi connectivity index (χ0) is 27.6. The molecule has 39 heavy (non-hydrogen) atoms. The van der Waals surface area contributed by atoms with Gasteiger partial charge in [-0.2, -0.15) is 18.3 Å². The minimum Gasteiger partial charge on any atom is -0.273 e. The van der Waals surface area contributed by atoms with Crippen LogP contribution in [-0.2, 0) is 18.0 Å². The number of aromatic amines is 1. The van der Waals surface area contributed by atoms with Crippen LogP contribution in [0.4, 0.5) is 18.9 Å². The van der Waals surface area contributed by atoms with Crippen LogP contribution in [0.2, 0.25) is 0 Å². The van der Waals surface area contributed by atoms with Crippen molar-refractivity contribution < 1.29 is 13.2 Å². The van der Waals surface area contributed by atoms with Crippen molar-refractivity contribution in [2.75, 3.05) is 0 Å². The Labute approximate surface area is 229 Å². The quantitative estimate of drug-likeness (QED) is 0.169. The van der Waals surface area contributed by atoms with E-state index in [0.717, 1.165) is 22.1 Å². The first-order chi connectivity index (χ1) is 18.7. The molecule has 0 fully saturated rings. The van der Waals surface area contributed by atoms with Crippen LogP contribution < -0.4 is 0 Å². The summed E-state index contributed by atoms with van der Waals surface area (Å²) in [4.78, 5) is 14.1. The lowest BCUT2D eigenvalue weighted by Gasteiger charge is -2.30. The van der Waals surface area contributed by atoms with Gasteiger partial charge in [-0.25, -0.2) is 4.85 Å². The van der Waals surface area contributed by atoms with Crippen LogP contribution in [0.3, 0.4) is 0 Å². The molecule has 194 valence electrons. The van der Waals surface area contributed by atoms with Gasteiger partial charge in [-0.05, 0) is 66.9 Å². The molecule has 0 spiro atoms. The third kappa shape index (κ3) is 5.42. The molecule has 0 aliphatic carbocycles. The Morgan fingerprint density at radius 2 is 1.49 bits per heavy atom. The minimum absolute atomic E-state index is 0.0961. The van der Waals surface area contributed by atoms with Gasteiger partial charge in [0.05, 0.1) is 34.8 Å². The van der Waals surface area contributed by atoms with Crippen molar-refractivity contribution in [3.63, 3.8) is 0 Å². The molecule has 0 bridgehead atoms. The number of H-pyrrole nitrogens is 1. The highest BCUT2D eigenvalue weighted by Crippen LogP contribution is 2.37. The zero-order valence-corrected chi connectivity index (χ0v) is 21.6. The number of nitrogens with zero attached hydrogens (tertiary/aromatic N) is 4. The standard InChI is InChI=1S/C30H22F3N5S/c1-29(18-20-8-3-4-13-25(20)39,26-14-6-11-22(35-26)19-9-5-10-21(16-19)34-2)27-15-7-12-23(36-27)24-17-28(38-37-24)30(31,32)33/h3-17,39H,18H2,1H3,(H,37,38). The number of halogens is 3. The van der Waals surface area contributed by atoms with Crippen LogP contribution in [0.15, 0.2) is 95.9 Å². The topological polar surface area (TPSA) is 58.8 Å². The summed E-state index contributed by atoms with van der Waals surface area (Å²) in [6, 6.07) is 26.8. The summed E-state index contributed by atoms with van der Waals surface area (Å²) in [7, 11) is 0. The van der Waals surface area contributed by atoms with Gasteiger partial charge < -0.3 is 0 Å². The number of nitrogens with one attached hydrogen (secondary N) is 1. The van der Waals surface area contributed by atoms with Crippen molar-refractivity contribution in [1.29, 1.82) is 0 Å². The van der Waals surface area contributed by atoms with Crippen molar-refractivity contribution >= 4 is 18.3 Å². The molecule has 1 unspecified atom stereocenters. The van der Waals surface area contributed by atoms with E-state index >= 15 is 0 Å². The van der Waals surface area contributed by atoms with Crippen molar-refractivity contribution in [1.82, 2.24) is 20.2 Å². The minimum atomic E-state index is -4.54. The van der Waals surface area contributed by atoms with Crippen molar-refractivity contribution in [2.24, 2.45) is 0 Å². The van der Waals surface area contributed by atoms with Gasteiger partial charge in [0, 0.05) is 4.90 Å². The van der Waals surface area contributed by atoms with Gasteiger partial charge in [0.15, 0.2) is 5.69 Å². The number of alkyl halides is 3. The lowest BCUT2D eigenvalue weighted by molar-refractivity contribution is -0.141. The molecule has 1 N–H and O–H groups in total. The molecule has 5 nitrogen and oxygen atoms in total. The second-order valence-electron chi connectivity index (χ2n) is 9.28. The van der Waals surface area contributed by atoms with Crippen LogP contribution in [0.5, 0.6) is 0 Å². The second-order valence-corrected chi connectivity index (χ2v) is 9.76. The van der Waals surface area contributed by atoms with E-state index < -0.39 is 17.3 Å². The van der Waals surface area contributed by atoms with Crippen LogP contribution >= 0.6 is 12.6 Å². The summed E-state index contributed by atoms with van der Waals surface area (Å²) in [5, 5.41) is 5.92. The lowest BCUT2D eigenvalue weighted by atomic mass is 9.76.